The third-order valence-corrected chi connectivity index (χ3v) is 2.40. The van der Waals surface area contributed by atoms with Gasteiger partial charge in [0.25, 0.3) is 0 Å². The van der Waals surface area contributed by atoms with Crippen molar-refractivity contribution in [3.05, 3.63) is 0 Å². The lowest BCUT2D eigenvalue weighted by molar-refractivity contribution is 0.112. The van der Waals surface area contributed by atoms with E-state index in [2.05, 4.69) is 0 Å². The second-order valence-electron chi connectivity index (χ2n) is 4.11. The van der Waals surface area contributed by atoms with Crippen LogP contribution in [0.5, 0.6) is 0 Å². The normalized spacial score (nSPS) is 23.7. The first kappa shape index (κ1) is 8.98. The fraction of sp³-hybridized carbons (Fsp3) is 1.00. The lowest BCUT2D eigenvalue weighted by Gasteiger charge is -2.25. The molecule has 0 aromatic heterocycles. The molecule has 2 heteroatoms. The van der Waals surface area contributed by atoms with E-state index in [-0.39, 0.29) is 12.5 Å². The number of rotatable bonds is 4. The van der Waals surface area contributed by atoms with E-state index in [1.165, 1.54) is 0 Å². The smallest absolute Gasteiger partial charge is 0.126 e. The minimum atomic E-state index is -1.05. The van der Waals surface area contributed by atoms with Crippen LogP contribution in [0.25, 0.3) is 0 Å². The van der Waals surface area contributed by atoms with E-state index < -0.39 is 5.67 Å². The summed E-state index contributed by atoms with van der Waals surface area (Å²) in [4.78, 5) is 0. The largest absolute Gasteiger partial charge is 0.328 e. The predicted molar refractivity (Wildman–Crippen MR) is 45.1 cm³/mol. The molecule has 0 aromatic carbocycles. The van der Waals surface area contributed by atoms with Crippen LogP contribution in [-0.2, 0) is 0 Å². The standard InChI is InChI=1S/C9H18FN/c1-7(2)5-9(10,6-11)8-3-4-8/h7-8H,3-6,11H2,1-2H3. The fourth-order valence-electron chi connectivity index (χ4n) is 1.70. The maximum Gasteiger partial charge on any atom is 0.126 e. The average Bonchev–Trinajstić information content (AvgIpc) is 2.66. The van der Waals surface area contributed by atoms with Gasteiger partial charge in [0.2, 0.25) is 0 Å². The van der Waals surface area contributed by atoms with Gasteiger partial charge in [0, 0.05) is 6.54 Å². The molecule has 0 bridgehead atoms. The zero-order valence-electron chi connectivity index (χ0n) is 7.44. The van der Waals surface area contributed by atoms with E-state index in [0.29, 0.717) is 12.3 Å². The van der Waals surface area contributed by atoms with Crippen molar-refractivity contribution in [1.29, 1.82) is 0 Å². The molecule has 0 heterocycles. The minimum Gasteiger partial charge on any atom is -0.328 e. The number of hydrogen-bond donors (Lipinski definition) is 1. The van der Waals surface area contributed by atoms with E-state index in [1.54, 1.807) is 0 Å². The predicted octanol–water partition coefficient (Wildman–Crippen LogP) is 2.11. The fourth-order valence-corrected chi connectivity index (χ4v) is 1.70. The summed E-state index contributed by atoms with van der Waals surface area (Å²) in [5, 5.41) is 0. The second-order valence-corrected chi connectivity index (χ2v) is 4.11. The maximum atomic E-state index is 13.8. The minimum absolute atomic E-state index is 0.204. The van der Waals surface area contributed by atoms with Gasteiger partial charge in [-0.2, -0.15) is 0 Å². The SMILES string of the molecule is CC(C)CC(F)(CN)C1CC1. The van der Waals surface area contributed by atoms with Crippen molar-refractivity contribution in [3.8, 4) is 0 Å². The van der Waals surface area contributed by atoms with Crippen molar-refractivity contribution >= 4 is 0 Å². The van der Waals surface area contributed by atoms with Crippen molar-refractivity contribution in [2.24, 2.45) is 17.6 Å². The Hall–Kier alpha value is -0.110. The first-order valence-electron chi connectivity index (χ1n) is 4.47. The number of alkyl halides is 1. The van der Waals surface area contributed by atoms with Gasteiger partial charge in [-0.3, -0.25) is 0 Å². The Labute approximate surface area is 68.2 Å². The Balaban J connectivity index is 2.44. The van der Waals surface area contributed by atoms with E-state index in [1.807, 2.05) is 13.8 Å². The highest BCUT2D eigenvalue weighted by molar-refractivity contribution is 4.96. The molecule has 0 amide bonds. The lowest BCUT2D eigenvalue weighted by Crippen LogP contribution is -2.36. The highest BCUT2D eigenvalue weighted by Crippen LogP contribution is 2.44. The summed E-state index contributed by atoms with van der Waals surface area (Å²) < 4.78 is 13.8. The number of halogens is 1. The van der Waals surface area contributed by atoms with Gasteiger partial charge in [0.05, 0.1) is 0 Å². The summed E-state index contributed by atoms with van der Waals surface area (Å²) in [5.41, 5.74) is 4.37. The van der Waals surface area contributed by atoms with Gasteiger partial charge in [0.15, 0.2) is 0 Å². The molecule has 2 N–H and O–H groups in total. The lowest BCUT2D eigenvalue weighted by atomic mass is 9.90. The third kappa shape index (κ3) is 2.16. The van der Waals surface area contributed by atoms with Crippen molar-refractivity contribution < 1.29 is 4.39 Å². The van der Waals surface area contributed by atoms with Crippen molar-refractivity contribution in [2.75, 3.05) is 6.54 Å². The molecule has 1 unspecified atom stereocenters. The molecule has 1 nitrogen and oxygen atoms in total. The molecule has 66 valence electrons. The molecule has 1 atom stereocenters. The van der Waals surface area contributed by atoms with Crippen molar-refractivity contribution in [1.82, 2.24) is 0 Å². The van der Waals surface area contributed by atoms with Crippen molar-refractivity contribution in [2.45, 2.75) is 38.8 Å². The quantitative estimate of drug-likeness (QED) is 0.668. The van der Waals surface area contributed by atoms with Crippen LogP contribution in [0.15, 0.2) is 0 Å². The van der Waals surface area contributed by atoms with Gasteiger partial charge in [-0.15, -0.1) is 0 Å². The van der Waals surface area contributed by atoms with Crippen molar-refractivity contribution in [3.63, 3.8) is 0 Å². The Kier molecular flexibility index (Phi) is 2.53. The maximum absolute atomic E-state index is 13.8. The molecule has 0 spiro atoms. The molecule has 1 aliphatic rings. The van der Waals surface area contributed by atoms with Gasteiger partial charge in [-0.05, 0) is 31.1 Å². The first-order valence-corrected chi connectivity index (χ1v) is 4.47. The highest BCUT2D eigenvalue weighted by Gasteiger charge is 2.44. The molecule has 0 aliphatic heterocycles. The molecule has 0 saturated heterocycles. The number of nitrogens with two attached hydrogens (primary N) is 1. The van der Waals surface area contributed by atoms with Crippen LogP contribution in [0.1, 0.15) is 33.1 Å². The highest BCUT2D eigenvalue weighted by atomic mass is 19.1. The summed E-state index contributed by atoms with van der Waals surface area (Å²) >= 11 is 0. The van der Waals surface area contributed by atoms with Crippen LogP contribution in [0.2, 0.25) is 0 Å². The molecular weight excluding hydrogens is 141 g/mol. The zero-order valence-corrected chi connectivity index (χ0v) is 7.44. The van der Waals surface area contributed by atoms with E-state index in [9.17, 15) is 4.39 Å². The third-order valence-electron chi connectivity index (χ3n) is 2.40. The Morgan fingerprint density at radius 1 is 1.55 bits per heavy atom. The summed E-state index contributed by atoms with van der Waals surface area (Å²) in [6.45, 7) is 4.30. The average molecular weight is 159 g/mol. The molecule has 1 aliphatic carbocycles. The van der Waals surface area contributed by atoms with Crippen LogP contribution < -0.4 is 5.73 Å². The Morgan fingerprint density at radius 3 is 2.36 bits per heavy atom. The first-order chi connectivity index (χ1) is 5.08. The molecule has 0 aromatic rings. The molecular formula is C9H18FN. The summed E-state index contributed by atoms with van der Waals surface area (Å²) in [6.07, 6.45) is 2.72. The molecule has 1 fully saturated rings. The monoisotopic (exact) mass is 159 g/mol. The van der Waals surface area contributed by atoms with Crippen LogP contribution in [0.4, 0.5) is 4.39 Å². The van der Waals surface area contributed by atoms with Crippen LogP contribution in [0.3, 0.4) is 0 Å². The van der Waals surface area contributed by atoms with Crippen LogP contribution in [0, 0.1) is 11.8 Å². The topological polar surface area (TPSA) is 26.0 Å². The Bertz CT molecular complexity index is 132. The van der Waals surface area contributed by atoms with Crippen LogP contribution in [-0.4, -0.2) is 12.2 Å². The van der Waals surface area contributed by atoms with Gasteiger partial charge in [-0.25, -0.2) is 4.39 Å². The molecule has 1 rings (SSSR count). The summed E-state index contributed by atoms with van der Waals surface area (Å²) in [7, 11) is 0. The molecule has 1 saturated carbocycles. The second kappa shape index (κ2) is 3.10. The Morgan fingerprint density at radius 2 is 2.09 bits per heavy atom. The van der Waals surface area contributed by atoms with Gasteiger partial charge < -0.3 is 5.73 Å². The van der Waals surface area contributed by atoms with Gasteiger partial charge in [-0.1, -0.05) is 13.8 Å². The number of hydrogen-bond acceptors (Lipinski definition) is 1. The summed E-state index contributed by atoms with van der Waals surface area (Å²) in [6, 6.07) is 0. The van der Waals surface area contributed by atoms with Gasteiger partial charge in [0.1, 0.15) is 5.67 Å². The van der Waals surface area contributed by atoms with Gasteiger partial charge >= 0.3 is 0 Å². The van der Waals surface area contributed by atoms with E-state index >= 15 is 0 Å². The summed E-state index contributed by atoms with van der Waals surface area (Å²) in [5.74, 6) is 0.694. The molecule has 0 radical (unpaired) electrons. The zero-order chi connectivity index (χ0) is 8.48. The molecule has 11 heavy (non-hydrogen) atoms. The van der Waals surface area contributed by atoms with E-state index in [0.717, 1.165) is 12.8 Å². The van der Waals surface area contributed by atoms with Crippen LogP contribution >= 0.6 is 0 Å². The van der Waals surface area contributed by atoms with E-state index in [4.69, 9.17) is 5.73 Å².